The van der Waals surface area contributed by atoms with Crippen molar-refractivity contribution in [1.29, 1.82) is 0 Å². The van der Waals surface area contributed by atoms with Gasteiger partial charge in [0, 0.05) is 11.6 Å². The van der Waals surface area contributed by atoms with Crippen LogP contribution in [-0.4, -0.2) is 27.9 Å². The van der Waals surface area contributed by atoms with Crippen LogP contribution in [0.3, 0.4) is 0 Å². The van der Waals surface area contributed by atoms with E-state index in [1.54, 1.807) is 32.0 Å². The molecule has 0 aliphatic carbocycles. The molecule has 0 aliphatic heterocycles. The number of anilines is 1. The normalized spacial score (nSPS) is 11.7. The van der Waals surface area contributed by atoms with E-state index >= 15 is 0 Å². The number of carbonyl (C=O) groups is 1. The Balaban J connectivity index is 2.36. The van der Waals surface area contributed by atoms with E-state index in [2.05, 4.69) is 0 Å². The van der Waals surface area contributed by atoms with Crippen LogP contribution in [0, 0.1) is 0 Å². The van der Waals surface area contributed by atoms with E-state index in [0.29, 0.717) is 22.3 Å². The highest BCUT2D eigenvalue weighted by Crippen LogP contribution is 2.27. The monoisotopic (exact) mass is 263 g/mol. The van der Waals surface area contributed by atoms with E-state index in [1.807, 2.05) is 0 Å². The fourth-order valence-electron chi connectivity index (χ4n) is 1.77. The minimum atomic E-state index is -0.917. The van der Waals surface area contributed by atoms with E-state index in [-0.39, 0.29) is 6.61 Å². The lowest BCUT2D eigenvalue weighted by Gasteiger charge is -2.17. The minimum absolute atomic E-state index is 0.162. The Morgan fingerprint density at radius 1 is 1.47 bits per heavy atom. The van der Waals surface area contributed by atoms with Gasteiger partial charge in [-0.15, -0.1) is 0 Å². The molecule has 0 atom stereocenters. The van der Waals surface area contributed by atoms with Crippen LogP contribution in [-0.2, 0) is 0 Å². The predicted octanol–water partition coefficient (Wildman–Crippen LogP) is 1.30. The Labute approximate surface area is 110 Å². The van der Waals surface area contributed by atoms with Crippen molar-refractivity contribution in [3.63, 3.8) is 0 Å². The quantitative estimate of drug-likeness (QED) is 0.776. The number of amides is 1. The van der Waals surface area contributed by atoms with Crippen molar-refractivity contribution < 1.29 is 14.6 Å². The molecule has 0 bridgehead atoms. The van der Waals surface area contributed by atoms with Gasteiger partial charge in [0.2, 0.25) is 0 Å². The Morgan fingerprint density at radius 3 is 2.74 bits per heavy atom. The number of aromatic nitrogens is 1. The molecule has 0 saturated carbocycles. The number of nitrogens with two attached hydrogens (primary N) is 2. The molecule has 102 valence electrons. The van der Waals surface area contributed by atoms with Crippen LogP contribution in [0.25, 0.3) is 10.9 Å². The lowest BCUT2D eigenvalue weighted by molar-refractivity contribution is 0.0285. The fraction of sp³-hybridized carbons (Fsp3) is 0.308. The molecular formula is C13H17N3O3. The topological polar surface area (TPSA) is 104 Å². The van der Waals surface area contributed by atoms with Gasteiger partial charge in [-0.05, 0) is 32.0 Å². The molecule has 0 spiro atoms. The van der Waals surface area contributed by atoms with Gasteiger partial charge in [-0.3, -0.25) is 4.57 Å². The summed E-state index contributed by atoms with van der Waals surface area (Å²) >= 11 is 0. The molecule has 0 radical (unpaired) electrons. The van der Waals surface area contributed by atoms with Gasteiger partial charge in [-0.1, -0.05) is 0 Å². The van der Waals surface area contributed by atoms with E-state index in [0.717, 1.165) is 0 Å². The zero-order chi connectivity index (χ0) is 14.2. The maximum atomic E-state index is 11.2. The first-order chi connectivity index (χ1) is 8.78. The van der Waals surface area contributed by atoms with Gasteiger partial charge in [-0.2, -0.15) is 0 Å². The maximum absolute atomic E-state index is 11.2. The Morgan fingerprint density at radius 2 is 2.16 bits per heavy atom. The Hall–Kier alpha value is -2.21. The molecule has 19 heavy (non-hydrogen) atoms. The van der Waals surface area contributed by atoms with Crippen LogP contribution in [0.2, 0.25) is 0 Å². The number of nitrogens with zero attached hydrogens (tertiary/aromatic N) is 1. The molecule has 1 heterocycles. The summed E-state index contributed by atoms with van der Waals surface area (Å²) in [5, 5.41) is 10.3. The van der Waals surface area contributed by atoms with Gasteiger partial charge in [0.1, 0.15) is 12.4 Å². The highest BCUT2D eigenvalue weighted by Gasteiger charge is 2.15. The predicted molar refractivity (Wildman–Crippen MR) is 73.1 cm³/mol. The second-order valence-corrected chi connectivity index (χ2v) is 5.07. The van der Waals surface area contributed by atoms with Gasteiger partial charge < -0.3 is 21.3 Å². The highest BCUT2D eigenvalue weighted by molar-refractivity contribution is 5.99. The number of fused-ring (bicyclic) bond motifs is 1. The van der Waals surface area contributed by atoms with Crippen LogP contribution in [0.5, 0.6) is 5.75 Å². The lowest BCUT2D eigenvalue weighted by atomic mass is 10.1. The van der Waals surface area contributed by atoms with Gasteiger partial charge in [0.15, 0.2) is 0 Å². The second kappa shape index (κ2) is 4.47. The number of hydrogen-bond donors (Lipinski definition) is 3. The van der Waals surface area contributed by atoms with Crippen LogP contribution in [0.1, 0.15) is 13.8 Å². The number of benzene rings is 1. The molecule has 5 N–H and O–H groups in total. The standard InChI is InChI=1S/C13H17N3O3/c1-13(2,18)7-19-8-3-4-11-9(5-8)10(14)6-16(11)12(15)17/h3-6,18H,7,14H2,1-2H3,(H2,15,17). The summed E-state index contributed by atoms with van der Waals surface area (Å²) in [6, 6.07) is 4.53. The third-order valence-electron chi connectivity index (χ3n) is 2.64. The average molecular weight is 263 g/mol. The number of hydrogen-bond acceptors (Lipinski definition) is 4. The number of aliphatic hydroxyl groups is 1. The first-order valence-electron chi connectivity index (χ1n) is 5.83. The second-order valence-electron chi connectivity index (χ2n) is 5.07. The molecule has 1 aromatic carbocycles. The first-order valence-corrected chi connectivity index (χ1v) is 5.83. The maximum Gasteiger partial charge on any atom is 0.323 e. The van der Waals surface area contributed by atoms with Crippen LogP contribution < -0.4 is 16.2 Å². The zero-order valence-electron chi connectivity index (χ0n) is 10.9. The smallest absolute Gasteiger partial charge is 0.323 e. The summed E-state index contributed by atoms with van der Waals surface area (Å²) < 4.78 is 6.75. The Bertz CT molecular complexity index is 626. The van der Waals surface area contributed by atoms with Gasteiger partial charge >= 0.3 is 6.03 Å². The molecule has 0 aliphatic rings. The molecule has 1 amide bonds. The molecule has 0 fully saturated rings. The third kappa shape index (κ3) is 2.79. The van der Waals surface area contributed by atoms with Crippen molar-refractivity contribution in [2.45, 2.75) is 19.4 Å². The third-order valence-corrected chi connectivity index (χ3v) is 2.64. The van der Waals surface area contributed by atoms with Crippen LogP contribution in [0.15, 0.2) is 24.4 Å². The number of carbonyl (C=O) groups excluding carboxylic acids is 1. The molecule has 1 aromatic heterocycles. The summed E-state index contributed by atoms with van der Waals surface area (Å²) in [4.78, 5) is 11.2. The summed E-state index contributed by atoms with van der Waals surface area (Å²) in [6.45, 7) is 3.47. The number of nitrogen functional groups attached to an aromatic ring is 1. The van der Waals surface area contributed by atoms with Crippen molar-refractivity contribution in [1.82, 2.24) is 4.57 Å². The zero-order valence-corrected chi connectivity index (χ0v) is 10.9. The van der Waals surface area contributed by atoms with Crippen LogP contribution >= 0.6 is 0 Å². The Kier molecular flexibility index (Phi) is 3.11. The molecular weight excluding hydrogens is 246 g/mol. The van der Waals surface area contributed by atoms with Crippen molar-refractivity contribution in [3.8, 4) is 5.75 Å². The van der Waals surface area contributed by atoms with Crippen molar-refractivity contribution >= 4 is 22.6 Å². The van der Waals surface area contributed by atoms with Crippen LogP contribution in [0.4, 0.5) is 10.5 Å². The van der Waals surface area contributed by atoms with E-state index in [1.165, 1.54) is 10.8 Å². The van der Waals surface area contributed by atoms with Crippen molar-refractivity contribution in [3.05, 3.63) is 24.4 Å². The van der Waals surface area contributed by atoms with Gasteiger partial charge in [0.25, 0.3) is 0 Å². The number of rotatable bonds is 3. The molecule has 0 saturated heterocycles. The summed E-state index contributed by atoms with van der Waals surface area (Å²) in [5.74, 6) is 0.573. The molecule has 6 heteroatoms. The van der Waals surface area contributed by atoms with E-state index in [4.69, 9.17) is 16.2 Å². The fourth-order valence-corrected chi connectivity index (χ4v) is 1.77. The van der Waals surface area contributed by atoms with Crippen molar-refractivity contribution in [2.75, 3.05) is 12.3 Å². The van der Waals surface area contributed by atoms with Gasteiger partial charge in [-0.25, -0.2) is 4.79 Å². The SMILES string of the molecule is CC(C)(O)COc1ccc2c(c1)c(N)cn2C(N)=O. The highest BCUT2D eigenvalue weighted by atomic mass is 16.5. The van der Waals surface area contributed by atoms with Crippen molar-refractivity contribution in [2.24, 2.45) is 5.73 Å². The number of ether oxygens (including phenoxy) is 1. The first kappa shape index (κ1) is 13.2. The summed E-state index contributed by atoms with van der Waals surface area (Å²) in [6.07, 6.45) is 1.48. The van der Waals surface area contributed by atoms with Gasteiger partial charge in [0.05, 0.1) is 16.8 Å². The average Bonchev–Trinajstić information content (AvgIpc) is 2.63. The largest absolute Gasteiger partial charge is 0.491 e. The number of primary amides is 1. The summed E-state index contributed by atoms with van der Waals surface area (Å²) in [5.41, 5.74) is 11.2. The molecule has 6 nitrogen and oxygen atoms in total. The lowest BCUT2D eigenvalue weighted by Crippen LogP contribution is -2.27. The molecule has 2 aromatic rings. The van der Waals surface area contributed by atoms with E-state index in [9.17, 15) is 9.90 Å². The minimum Gasteiger partial charge on any atom is -0.491 e. The molecule has 2 rings (SSSR count). The summed E-state index contributed by atoms with van der Waals surface area (Å²) in [7, 11) is 0. The molecule has 0 unspecified atom stereocenters. The van der Waals surface area contributed by atoms with E-state index < -0.39 is 11.6 Å².